The van der Waals surface area contributed by atoms with Gasteiger partial charge in [-0.2, -0.15) is 0 Å². The van der Waals surface area contributed by atoms with Crippen LogP contribution in [0.3, 0.4) is 0 Å². The summed E-state index contributed by atoms with van der Waals surface area (Å²) in [4.78, 5) is 12.0. The molecule has 2 rings (SSSR count). The largest absolute Gasteiger partial charge is 0.465 e. The maximum absolute atomic E-state index is 11.4. The molecule has 2 aromatic rings. The van der Waals surface area contributed by atoms with Gasteiger partial charge >= 0.3 is 5.97 Å². The molecule has 1 aromatic carbocycles. The van der Waals surface area contributed by atoms with Gasteiger partial charge in [0.1, 0.15) is 4.88 Å². The molecule has 0 aliphatic carbocycles. The third-order valence-corrected chi connectivity index (χ3v) is 3.56. The van der Waals surface area contributed by atoms with E-state index in [0.29, 0.717) is 4.88 Å². The zero-order valence-electron chi connectivity index (χ0n) is 9.90. The highest BCUT2D eigenvalue weighted by molar-refractivity contribution is 7.12. The van der Waals surface area contributed by atoms with E-state index >= 15 is 0 Å². The molecule has 2 nitrogen and oxygen atoms in total. The van der Waals surface area contributed by atoms with E-state index in [9.17, 15) is 4.79 Å². The fourth-order valence-electron chi connectivity index (χ4n) is 1.67. The smallest absolute Gasteiger partial charge is 0.348 e. The Morgan fingerprint density at radius 3 is 2.82 bits per heavy atom. The molecular formula is C14H14O2S. The number of esters is 1. The standard InChI is InChI=1S/C14H14O2S/c1-3-10-5-4-6-11(7-10)12-8-13(17-9-12)14(15)16-2/h4-9H,3H2,1-2H3. The van der Waals surface area contributed by atoms with Gasteiger partial charge in [0.2, 0.25) is 0 Å². The Morgan fingerprint density at radius 1 is 1.29 bits per heavy atom. The molecule has 0 N–H and O–H groups in total. The number of ether oxygens (including phenoxy) is 1. The van der Waals surface area contributed by atoms with E-state index in [2.05, 4.69) is 25.1 Å². The van der Waals surface area contributed by atoms with Gasteiger partial charge in [-0.1, -0.05) is 31.2 Å². The number of thiophene rings is 1. The Hall–Kier alpha value is -1.61. The summed E-state index contributed by atoms with van der Waals surface area (Å²) >= 11 is 1.42. The van der Waals surface area contributed by atoms with Gasteiger partial charge in [-0.15, -0.1) is 11.3 Å². The van der Waals surface area contributed by atoms with E-state index in [4.69, 9.17) is 4.74 Å². The first-order valence-electron chi connectivity index (χ1n) is 5.50. The molecule has 3 heteroatoms. The molecule has 17 heavy (non-hydrogen) atoms. The topological polar surface area (TPSA) is 26.3 Å². The quantitative estimate of drug-likeness (QED) is 0.771. The first-order chi connectivity index (χ1) is 8.24. The molecule has 1 heterocycles. The zero-order chi connectivity index (χ0) is 12.3. The maximum Gasteiger partial charge on any atom is 0.348 e. The molecule has 0 saturated heterocycles. The van der Waals surface area contributed by atoms with Crippen LogP contribution < -0.4 is 0 Å². The van der Waals surface area contributed by atoms with Crippen LogP contribution in [-0.4, -0.2) is 13.1 Å². The van der Waals surface area contributed by atoms with Crippen LogP contribution in [0.15, 0.2) is 35.7 Å². The van der Waals surface area contributed by atoms with E-state index in [1.165, 1.54) is 24.0 Å². The number of carbonyl (C=O) groups excluding carboxylic acids is 1. The number of benzene rings is 1. The first-order valence-corrected chi connectivity index (χ1v) is 6.38. The monoisotopic (exact) mass is 246 g/mol. The van der Waals surface area contributed by atoms with Crippen LogP contribution in [-0.2, 0) is 11.2 Å². The van der Waals surface area contributed by atoms with Gasteiger partial charge in [-0.05, 0) is 34.6 Å². The first kappa shape index (κ1) is 11.9. The zero-order valence-corrected chi connectivity index (χ0v) is 10.7. The molecule has 0 saturated carbocycles. The minimum atomic E-state index is -0.270. The minimum absolute atomic E-state index is 0.270. The highest BCUT2D eigenvalue weighted by Gasteiger charge is 2.09. The summed E-state index contributed by atoms with van der Waals surface area (Å²) in [6.45, 7) is 2.13. The molecule has 0 fully saturated rings. The summed E-state index contributed by atoms with van der Waals surface area (Å²) in [6, 6.07) is 10.2. The Bertz CT molecular complexity index is 529. The maximum atomic E-state index is 11.4. The van der Waals surface area contributed by atoms with Crippen LogP contribution in [0.2, 0.25) is 0 Å². The highest BCUT2D eigenvalue weighted by atomic mass is 32.1. The van der Waals surface area contributed by atoms with Crippen LogP contribution in [0.1, 0.15) is 22.2 Å². The van der Waals surface area contributed by atoms with Crippen LogP contribution >= 0.6 is 11.3 Å². The molecule has 0 amide bonds. The van der Waals surface area contributed by atoms with E-state index in [1.54, 1.807) is 0 Å². The molecule has 0 aliphatic heterocycles. The lowest BCUT2D eigenvalue weighted by Crippen LogP contribution is -1.96. The van der Waals surface area contributed by atoms with Crippen molar-refractivity contribution in [3.05, 3.63) is 46.2 Å². The lowest BCUT2D eigenvalue weighted by molar-refractivity contribution is 0.0606. The molecular weight excluding hydrogens is 232 g/mol. The second kappa shape index (κ2) is 5.15. The molecule has 0 atom stereocenters. The summed E-state index contributed by atoms with van der Waals surface area (Å²) in [5.41, 5.74) is 3.52. The molecule has 88 valence electrons. The van der Waals surface area contributed by atoms with Gasteiger partial charge in [-0.25, -0.2) is 4.79 Å². The predicted octanol–water partition coefficient (Wildman–Crippen LogP) is 3.76. The normalized spacial score (nSPS) is 10.2. The van der Waals surface area contributed by atoms with Gasteiger partial charge < -0.3 is 4.74 Å². The number of methoxy groups -OCH3 is 1. The number of hydrogen-bond acceptors (Lipinski definition) is 3. The predicted molar refractivity (Wildman–Crippen MR) is 70.5 cm³/mol. The Balaban J connectivity index is 2.33. The van der Waals surface area contributed by atoms with Gasteiger partial charge in [0.15, 0.2) is 0 Å². The lowest BCUT2D eigenvalue weighted by atomic mass is 10.0. The van der Waals surface area contributed by atoms with E-state index in [0.717, 1.165) is 17.5 Å². The summed E-state index contributed by atoms with van der Waals surface area (Å²) in [6.07, 6.45) is 1.02. The van der Waals surface area contributed by atoms with Crippen molar-refractivity contribution in [3.8, 4) is 11.1 Å². The average Bonchev–Trinajstić information content (AvgIpc) is 2.87. The highest BCUT2D eigenvalue weighted by Crippen LogP contribution is 2.26. The molecule has 1 aromatic heterocycles. The molecule has 0 radical (unpaired) electrons. The van der Waals surface area contributed by atoms with E-state index < -0.39 is 0 Å². The number of aryl methyl sites for hydroxylation is 1. The summed E-state index contributed by atoms with van der Waals surface area (Å²) < 4.78 is 4.70. The Labute approximate surface area is 105 Å². The van der Waals surface area contributed by atoms with Gasteiger partial charge in [0.05, 0.1) is 7.11 Å². The van der Waals surface area contributed by atoms with Crippen LogP contribution in [0, 0.1) is 0 Å². The third kappa shape index (κ3) is 2.56. The van der Waals surface area contributed by atoms with Crippen molar-refractivity contribution in [2.75, 3.05) is 7.11 Å². The summed E-state index contributed by atoms with van der Waals surface area (Å²) in [5.74, 6) is -0.270. The lowest BCUT2D eigenvalue weighted by Gasteiger charge is -2.00. The number of rotatable bonds is 3. The van der Waals surface area contributed by atoms with E-state index in [-0.39, 0.29) is 5.97 Å². The Morgan fingerprint density at radius 2 is 2.12 bits per heavy atom. The molecule has 0 aliphatic rings. The fraction of sp³-hybridized carbons (Fsp3) is 0.214. The molecule has 0 unspecified atom stereocenters. The van der Waals surface area contributed by atoms with Crippen molar-refractivity contribution in [1.82, 2.24) is 0 Å². The van der Waals surface area contributed by atoms with Gasteiger partial charge in [0.25, 0.3) is 0 Å². The number of carbonyl (C=O) groups is 1. The second-order valence-electron chi connectivity index (χ2n) is 3.75. The van der Waals surface area contributed by atoms with Crippen molar-refractivity contribution in [1.29, 1.82) is 0 Å². The van der Waals surface area contributed by atoms with Crippen molar-refractivity contribution >= 4 is 17.3 Å². The summed E-state index contributed by atoms with van der Waals surface area (Å²) in [5, 5.41) is 1.99. The number of hydrogen-bond donors (Lipinski definition) is 0. The van der Waals surface area contributed by atoms with Crippen molar-refractivity contribution in [3.63, 3.8) is 0 Å². The average molecular weight is 246 g/mol. The minimum Gasteiger partial charge on any atom is -0.465 e. The van der Waals surface area contributed by atoms with Gasteiger partial charge in [0, 0.05) is 0 Å². The van der Waals surface area contributed by atoms with Crippen molar-refractivity contribution in [2.45, 2.75) is 13.3 Å². The summed E-state index contributed by atoms with van der Waals surface area (Å²) in [7, 11) is 1.40. The van der Waals surface area contributed by atoms with Crippen molar-refractivity contribution < 1.29 is 9.53 Å². The molecule has 0 spiro atoms. The van der Waals surface area contributed by atoms with Crippen LogP contribution in [0.5, 0.6) is 0 Å². The van der Waals surface area contributed by atoms with Crippen LogP contribution in [0.25, 0.3) is 11.1 Å². The van der Waals surface area contributed by atoms with E-state index in [1.807, 2.05) is 17.5 Å². The SMILES string of the molecule is CCc1cccc(-c2csc(C(=O)OC)c2)c1. The third-order valence-electron chi connectivity index (χ3n) is 2.65. The van der Waals surface area contributed by atoms with Crippen molar-refractivity contribution in [2.24, 2.45) is 0 Å². The molecule has 0 bridgehead atoms. The second-order valence-corrected chi connectivity index (χ2v) is 4.66. The van der Waals surface area contributed by atoms with Crippen LogP contribution in [0.4, 0.5) is 0 Å². The Kier molecular flexibility index (Phi) is 3.59. The fourth-order valence-corrected chi connectivity index (χ4v) is 2.50. The van der Waals surface area contributed by atoms with Gasteiger partial charge in [-0.3, -0.25) is 0 Å².